The van der Waals surface area contributed by atoms with E-state index in [0.717, 1.165) is 0 Å². The fourth-order valence-electron chi connectivity index (χ4n) is 2.13. The van der Waals surface area contributed by atoms with Crippen molar-refractivity contribution in [2.45, 2.75) is 33.7 Å². The third-order valence-corrected chi connectivity index (χ3v) is 2.96. The van der Waals surface area contributed by atoms with E-state index in [4.69, 9.17) is 10.2 Å². The zero-order valence-electron chi connectivity index (χ0n) is 11.8. The van der Waals surface area contributed by atoms with Gasteiger partial charge in [-0.1, -0.05) is 6.92 Å². The Balaban J connectivity index is 3.43. The molecule has 20 heavy (non-hydrogen) atoms. The maximum absolute atomic E-state index is 11.2. The number of carboxylic acid groups (broad SMARTS) is 2. The Labute approximate surface area is 117 Å². The summed E-state index contributed by atoms with van der Waals surface area (Å²) in [5, 5.41) is 22.4. The highest BCUT2D eigenvalue weighted by Gasteiger charge is 2.26. The number of carbonyl (C=O) groups is 2. The first kappa shape index (κ1) is 15.7. The van der Waals surface area contributed by atoms with Gasteiger partial charge in [-0.3, -0.25) is 0 Å². The van der Waals surface area contributed by atoms with E-state index in [1.807, 2.05) is 13.8 Å². The van der Waals surface area contributed by atoms with Crippen molar-refractivity contribution >= 4 is 17.8 Å². The molecule has 1 aromatic rings. The molecule has 7 nitrogen and oxygen atoms in total. The minimum Gasteiger partial charge on any atom is -0.477 e. The van der Waals surface area contributed by atoms with Crippen LogP contribution in [0.5, 0.6) is 0 Å². The molecule has 0 aliphatic rings. The Morgan fingerprint density at radius 2 is 1.85 bits per heavy atom. The van der Waals surface area contributed by atoms with Gasteiger partial charge in [-0.25, -0.2) is 14.3 Å². The third-order valence-electron chi connectivity index (χ3n) is 2.96. The van der Waals surface area contributed by atoms with Crippen LogP contribution in [0.1, 0.15) is 27.2 Å². The van der Waals surface area contributed by atoms with Gasteiger partial charge in [0.1, 0.15) is 5.82 Å². The summed E-state index contributed by atoms with van der Waals surface area (Å²) in [6.07, 6.45) is 1.91. The van der Waals surface area contributed by atoms with E-state index in [9.17, 15) is 9.59 Å². The van der Waals surface area contributed by atoms with Crippen molar-refractivity contribution in [1.29, 1.82) is 0 Å². The fraction of sp³-hybridized carbons (Fsp3) is 0.462. The van der Waals surface area contributed by atoms with Gasteiger partial charge >= 0.3 is 11.9 Å². The molecule has 1 heterocycles. The zero-order valence-corrected chi connectivity index (χ0v) is 11.8. The first-order chi connectivity index (χ1) is 9.47. The Bertz CT molecular complexity index is 517. The molecule has 0 saturated heterocycles. The van der Waals surface area contributed by atoms with Gasteiger partial charge in [0.2, 0.25) is 0 Å². The van der Waals surface area contributed by atoms with Crippen molar-refractivity contribution < 1.29 is 19.8 Å². The average Bonchev–Trinajstić information content (AvgIpc) is 2.85. The minimum atomic E-state index is -1.43. The molecule has 0 unspecified atom stereocenters. The molecule has 0 fully saturated rings. The molecule has 2 N–H and O–H groups in total. The van der Waals surface area contributed by atoms with Gasteiger partial charge in [0.05, 0.1) is 6.20 Å². The van der Waals surface area contributed by atoms with E-state index in [1.165, 1.54) is 0 Å². The fourth-order valence-corrected chi connectivity index (χ4v) is 2.13. The lowest BCUT2D eigenvalue weighted by Crippen LogP contribution is -2.29. The summed E-state index contributed by atoms with van der Waals surface area (Å²) < 4.78 is 1.69. The lowest BCUT2D eigenvalue weighted by atomic mass is 10.1. The number of aliphatic carboxylic acids is 2. The maximum atomic E-state index is 11.2. The highest BCUT2D eigenvalue weighted by molar-refractivity contribution is 6.13. The molecule has 0 aromatic carbocycles. The van der Waals surface area contributed by atoms with Gasteiger partial charge in [-0.2, -0.15) is 5.10 Å². The Morgan fingerprint density at radius 3 is 2.25 bits per heavy atom. The number of hydrogen-bond acceptors (Lipinski definition) is 4. The monoisotopic (exact) mass is 281 g/mol. The molecule has 0 radical (unpaired) electrons. The topological polar surface area (TPSA) is 95.7 Å². The predicted molar refractivity (Wildman–Crippen MR) is 73.5 cm³/mol. The van der Waals surface area contributed by atoms with Crippen molar-refractivity contribution in [3.63, 3.8) is 0 Å². The minimum absolute atomic E-state index is 0.266. The molecule has 1 aromatic heterocycles. The number of anilines is 1. The van der Waals surface area contributed by atoms with Crippen LogP contribution in [0.15, 0.2) is 23.5 Å². The van der Waals surface area contributed by atoms with Crippen molar-refractivity contribution in [2.24, 2.45) is 0 Å². The second-order valence-electron chi connectivity index (χ2n) is 4.03. The molecule has 0 bridgehead atoms. The van der Waals surface area contributed by atoms with Gasteiger partial charge in [-0.05, 0) is 20.3 Å². The summed E-state index contributed by atoms with van der Waals surface area (Å²) in [5.74, 6) is -2.18. The summed E-state index contributed by atoms with van der Waals surface area (Å²) in [6.45, 7) is 6.56. The largest absolute Gasteiger partial charge is 0.477 e. The summed E-state index contributed by atoms with van der Waals surface area (Å²) in [7, 11) is 0. The number of aryl methyl sites for hydroxylation is 1. The highest BCUT2D eigenvalue weighted by Crippen LogP contribution is 2.23. The van der Waals surface area contributed by atoms with Crippen LogP contribution in [-0.4, -0.2) is 38.5 Å². The van der Waals surface area contributed by atoms with Gasteiger partial charge in [-0.15, -0.1) is 0 Å². The van der Waals surface area contributed by atoms with E-state index in [1.54, 1.807) is 28.8 Å². The number of nitrogens with zero attached hydrogens (tertiary/aromatic N) is 3. The molecule has 0 atom stereocenters. The smallest absolute Gasteiger partial charge is 0.344 e. The number of aromatic nitrogens is 2. The highest BCUT2D eigenvalue weighted by atomic mass is 16.4. The van der Waals surface area contributed by atoms with Crippen LogP contribution in [-0.2, 0) is 16.1 Å². The standard InChI is InChI=1S/C13H19N3O4/c1-4-9(11(12(17)18)13(19)20)15(5-2)10-7-8-14-16(10)6-3/h7-8H,4-6H2,1-3H3,(H,17,18)(H,19,20). The summed E-state index contributed by atoms with van der Waals surface area (Å²) in [5.41, 5.74) is -0.332. The molecule has 110 valence electrons. The first-order valence-corrected chi connectivity index (χ1v) is 6.46. The maximum Gasteiger partial charge on any atom is 0.344 e. The van der Waals surface area contributed by atoms with Crippen LogP contribution in [0.25, 0.3) is 0 Å². The van der Waals surface area contributed by atoms with Crippen LogP contribution in [0.2, 0.25) is 0 Å². The second kappa shape index (κ2) is 6.74. The quantitative estimate of drug-likeness (QED) is 0.447. The van der Waals surface area contributed by atoms with Gasteiger partial charge in [0.15, 0.2) is 5.57 Å². The number of hydrogen-bond donors (Lipinski definition) is 2. The molecule has 7 heteroatoms. The second-order valence-corrected chi connectivity index (χ2v) is 4.03. The molecule has 1 rings (SSSR count). The van der Waals surface area contributed by atoms with Crippen molar-refractivity contribution in [3.8, 4) is 0 Å². The van der Waals surface area contributed by atoms with Crippen molar-refractivity contribution in [2.75, 3.05) is 11.4 Å². The number of allylic oxidation sites excluding steroid dienone is 1. The van der Waals surface area contributed by atoms with E-state index < -0.39 is 17.5 Å². The Morgan fingerprint density at radius 1 is 1.25 bits per heavy atom. The molecular weight excluding hydrogens is 262 g/mol. The number of carboxylic acids is 2. The van der Waals surface area contributed by atoms with Crippen LogP contribution < -0.4 is 4.90 Å². The van der Waals surface area contributed by atoms with Gasteiger partial charge in [0.25, 0.3) is 0 Å². The molecule has 0 aliphatic carbocycles. The van der Waals surface area contributed by atoms with Crippen LogP contribution in [0, 0.1) is 0 Å². The summed E-state index contributed by atoms with van der Waals surface area (Å²) >= 11 is 0. The van der Waals surface area contributed by atoms with Gasteiger partial charge < -0.3 is 15.1 Å². The van der Waals surface area contributed by atoms with Crippen molar-refractivity contribution in [3.05, 3.63) is 23.5 Å². The van der Waals surface area contributed by atoms with Crippen LogP contribution in [0.3, 0.4) is 0 Å². The molecular formula is C13H19N3O4. The Hall–Kier alpha value is -2.31. The first-order valence-electron chi connectivity index (χ1n) is 6.46. The van der Waals surface area contributed by atoms with E-state index in [-0.39, 0.29) is 5.70 Å². The SMILES string of the molecule is CCC(=C(C(=O)O)C(=O)O)N(CC)c1ccnn1CC. The van der Waals surface area contributed by atoms with E-state index in [2.05, 4.69) is 5.10 Å². The van der Waals surface area contributed by atoms with Crippen molar-refractivity contribution in [1.82, 2.24) is 9.78 Å². The molecule has 0 aliphatic heterocycles. The molecule has 0 spiro atoms. The predicted octanol–water partition coefficient (Wildman–Crippen LogP) is 1.56. The lowest BCUT2D eigenvalue weighted by Gasteiger charge is -2.26. The Kier molecular flexibility index (Phi) is 5.31. The molecule has 0 amide bonds. The van der Waals surface area contributed by atoms with Crippen LogP contribution >= 0.6 is 0 Å². The summed E-state index contributed by atoms with van der Waals surface area (Å²) in [6, 6.07) is 1.74. The average molecular weight is 281 g/mol. The molecule has 0 saturated carbocycles. The van der Waals surface area contributed by atoms with Gasteiger partial charge in [0, 0.05) is 24.9 Å². The van der Waals surface area contributed by atoms with E-state index >= 15 is 0 Å². The normalized spacial score (nSPS) is 10.2. The lowest BCUT2D eigenvalue weighted by molar-refractivity contribution is -0.140. The summed E-state index contributed by atoms with van der Waals surface area (Å²) in [4.78, 5) is 24.1. The zero-order chi connectivity index (χ0) is 15.3. The third kappa shape index (κ3) is 2.98. The number of rotatable bonds is 7. The van der Waals surface area contributed by atoms with E-state index in [0.29, 0.717) is 25.3 Å². The van der Waals surface area contributed by atoms with Crippen LogP contribution in [0.4, 0.5) is 5.82 Å².